The van der Waals surface area contributed by atoms with Gasteiger partial charge in [0.15, 0.2) is 5.96 Å². The summed E-state index contributed by atoms with van der Waals surface area (Å²) in [6, 6.07) is 6.15. The van der Waals surface area contributed by atoms with Crippen molar-refractivity contribution >= 4 is 35.8 Å². The predicted octanol–water partition coefficient (Wildman–Crippen LogP) is 2.78. The van der Waals surface area contributed by atoms with Gasteiger partial charge < -0.3 is 16.0 Å². The highest BCUT2D eigenvalue weighted by atomic mass is 127. The van der Waals surface area contributed by atoms with Crippen molar-refractivity contribution in [2.45, 2.75) is 39.7 Å². The maximum Gasteiger partial charge on any atom is 0.222 e. The van der Waals surface area contributed by atoms with Crippen molar-refractivity contribution < 1.29 is 9.18 Å². The number of benzene rings is 1. The van der Waals surface area contributed by atoms with Gasteiger partial charge in [0.1, 0.15) is 5.82 Å². The maximum atomic E-state index is 13.0. The molecule has 0 bridgehead atoms. The van der Waals surface area contributed by atoms with Crippen LogP contribution in [0.4, 0.5) is 4.39 Å². The number of hydrogen-bond donors (Lipinski definition) is 2. The number of nitrogens with one attached hydrogen (secondary N) is 1. The van der Waals surface area contributed by atoms with Crippen LogP contribution in [0.25, 0.3) is 0 Å². The number of halogens is 2. The highest BCUT2D eigenvalue weighted by molar-refractivity contribution is 14.0. The average Bonchev–Trinajstić information content (AvgIpc) is 2.54. The van der Waals surface area contributed by atoms with Gasteiger partial charge in [-0.1, -0.05) is 26.0 Å². The fourth-order valence-corrected chi connectivity index (χ4v) is 3.09. The SMILES string of the molecule is CN=C(NCC(Cc1ccc(F)cc1)C(N)=O)N1CC(C)(C)C1(C)C.I. The van der Waals surface area contributed by atoms with E-state index < -0.39 is 0 Å². The van der Waals surface area contributed by atoms with E-state index in [1.165, 1.54) is 12.1 Å². The molecule has 0 spiro atoms. The first-order valence-corrected chi connectivity index (χ1v) is 8.60. The highest BCUT2D eigenvalue weighted by Gasteiger charge is 2.53. The number of rotatable bonds is 5. The molecule has 1 fully saturated rings. The first-order valence-electron chi connectivity index (χ1n) is 8.60. The number of carbonyl (C=O) groups is 1. The van der Waals surface area contributed by atoms with Crippen LogP contribution >= 0.6 is 24.0 Å². The molecule has 1 aliphatic heterocycles. The quantitative estimate of drug-likeness (QED) is 0.390. The summed E-state index contributed by atoms with van der Waals surface area (Å²) in [6.07, 6.45) is 0.467. The minimum absolute atomic E-state index is 0. The monoisotopic (exact) mass is 476 g/mol. The Kier molecular flexibility index (Phi) is 7.44. The Bertz CT molecular complexity index is 658. The number of likely N-dealkylation sites (tertiary alicyclic amines) is 1. The fourth-order valence-electron chi connectivity index (χ4n) is 3.09. The van der Waals surface area contributed by atoms with Crippen LogP contribution in [0.1, 0.15) is 33.3 Å². The second-order valence-electron chi connectivity index (χ2n) is 7.89. The van der Waals surface area contributed by atoms with Crippen LogP contribution in [0.2, 0.25) is 0 Å². The van der Waals surface area contributed by atoms with Crippen LogP contribution in [-0.2, 0) is 11.2 Å². The Morgan fingerprint density at radius 3 is 2.31 bits per heavy atom. The van der Waals surface area contributed by atoms with Crippen LogP contribution in [0.3, 0.4) is 0 Å². The Morgan fingerprint density at radius 2 is 1.88 bits per heavy atom. The van der Waals surface area contributed by atoms with Crippen molar-refractivity contribution in [3.8, 4) is 0 Å². The van der Waals surface area contributed by atoms with Gasteiger partial charge in [-0.15, -0.1) is 24.0 Å². The number of nitrogens with zero attached hydrogens (tertiary/aromatic N) is 2. The van der Waals surface area contributed by atoms with E-state index in [0.29, 0.717) is 13.0 Å². The zero-order chi connectivity index (χ0) is 18.8. The van der Waals surface area contributed by atoms with Crippen LogP contribution in [-0.4, -0.2) is 42.4 Å². The summed E-state index contributed by atoms with van der Waals surface area (Å²) in [6.45, 7) is 10.1. The number of carbonyl (C=O) groups excluding carboxylic acids is 1. The molecule has 1 aromatic carbocycles. The summed E-state index contributed by atoms with van der Waals surface area (Å²) < 4.78 is 13.0. The largest absolute Gasteiger partial charge is 0.369 e. The standard InChI is InChI=1S/C19H29FN4O.HI/c1-18(2)12-24(19(18,3)4)17(22-5)23-11-14(16(21)25)10-13-6-8-15(20)9-7-13;/h6-9,14H,10-12H2,1-5H3,(H2,21,25)(H,22,23);1H. The summed E-state index contributed by atoms with van der Waals surface area (Å²) in [5.74, 6) is -0.287. The number of hydrogen-bond acceptors (Lipinski definition) is 2. The molecule has 1 saturated heterocycles. The second-order valence-corrected chi connectivity index (χ2v) is 7.89. The topological polar surface area (TPSA) is 70.7 Å². The average molecular weight is 476 g/mol. The Balaban J connectivity index is 0.00000338. The van der Waals surface area contributed by atoms with Gasteiger partial charge in [-0.2, -0.15) is 0 Å². The minimum atomic E-state index is -0.389. The molecule has 146 valence electrons. The van der Waals surface area contributed by atoms with E-state index in [9.17, 15) is 9.18 Å². The van der Waals surface area contributed by atoms with Crippen molar-refractivity contribution in [3.05, 3.63) is 35.6 Å². The third-order valence-corrected chi connectivity index (χ3v) is 5.66. The number of amides is 1. The zero-order valence-corrected chi connectivity index (χ0v) is 18.5. The number of nitrogens with two attached hydrogens (primary N) is 1. The van der Waals surface area contributed by atoms with E-state index in [0.717, 1.165) is 18.1 Å². The van der Waals surface area contributed by atoms with Gasteiger partial charge in [-0.05, 0) is 38.0 Å². The second kappa shape index (κ2) is 8.54. The highest BCUT2D eigenvalue weighted by Crippen LogP contribution is 2.46. The van der Waals surface area contributed by atoms with Crippen LogP contribution < -0.4 is 11.1 Å². The van der Waals surface area contributed by atoms with E-state index >= 15 is 0 Å². The number of guanidine groups is 1. The third kappa shape index (κ3) is 4.66. The van der Waals surface area contributed by atoms with Gasteiger partial charge in [0, 0.05) is 31.1 Å². The molecule has 1 unspecified atom stereocenters. The number of aliphatic imine (C=N–C) groups is 1. The van der Waals surface area contributed by atoms with Crippen molar-refractivity contribution in [1.82, 2.24) is 10.2 Å². The lowest BCUT2D eigenvalue weighted by atomic mass is 9.65. The summed E-state index contributed by atoms with van der Waals surface area (Å²) in [4.78, 5) is 18.4. The molecule has 1 aromatic rings. The molecule has 5 nitrogen and oxygen atoms in total. The van der Waals surface area contributed by atoms with Gasteiger partial charge >= 0.3 is 0 Å². The van der Waals surface area contributed by atoms with E-state index in [2.05, 4.69) is 42.9 Å². The lowest BCUT2D eigenvalue weighted by molar-refractivity contribution is -0.121. The van der Waals surface area contributed by atoms with Crippen LogP contribution in [0.5, 0.6) is 0 Å². The molecule has 1 heterocycles. The van der Waals surface area contributed by atoms with E-state index in [4.69, 9.17) is 5.73 Å². The maximum absolute atomic E-state index is 13.0. The predicted molar refractivity (Wildman–Crippen MR) is 114 cm³/mol. The molecule has 0 aromatic heterocycles. The lowest BCUT2D eigenvalue weighted by Crippen LogP contribution is -2.72. The Morgan fingerprint density at radius 1 is 1.31 bits per heavy atom. The van der Waals surface area contributed by atoms with Gasteiger partial charge in [-0.3, -0.25) is 9.79 Å². The lowest BCUT2D eigenvalue weighted by Gasteiger charge is -2.62. The first kappa shape index (κ1) is 22.7. The summed E-state index contributed by atoms with van der Waals surface area (Å²) in [5, 5.41) is 3.28. The molecule has 1 aliphatic rings. The summed E-state index contributed by atoms with van der Waals surface area (Å²) in [7, 11) is 1.74. The van der Waals surface area contributed by atoms with Gasteiger partial charge in [0.2, 0.25) is 5.91 Å². The molecular weight excluding hydrogens is 446 g/mol. The summed E-state index contributed by atoms with van der Waals surface area (Å²) >= 11 is 0. The molecule has 1 atom stereocenters. The molecule has 0 saturated carbocycles. The van der Waals surface area contributed by atoms with Gasteiger partial charge in [0.25, 0.3) is 0 Å². The molecular formula is C19H30FIN4O. The van der Waals surface area contributed by atoms with Crippen molar-refractivity contribution in [2.24, 2.45) is 22.1 Å². The zero-order valence-electron chi connectivity index (χ0n) is 16.2. The normalized spacial score (nSPS) is 19.2. The van der Waals surface area contributed by atoms with Crippen molar-refractivity contribution in [3.63, 3.8) is 0 Å². The van der Waals surface area contributed by atoms with E-state index in [-0.39, 0.29) is 52.6 Å². The fraction of sp³-hybridized carbons (Fsp3) is 0.579. The van der Waals surface area contributed by atoms with E-state index in [1.54, 1.807) is 19.2 Å². The molecule has 26 heavy (non-hydrogen) atoms. The smallest absolute Gasteiger partial charge is 0.222 e. The molecule has 2 rings (SSSR count). The molecule has 1 amide bonds. The first-order chi connectivity index (χ1) is 11.6. The Labute approximate surface area is 172 Å². The third-order valence-electron chi connectivity index (χ3n) is 5.66. The van der Waals surface area contributed by atoms with E-state index in [1.807, 2.05) is 0 Å². The number of primary amides is 1. The molecule has 0 radical (unpaired) electrons. The van der Waals surface area contributed by atoms with Gasteiger partial charge in [0.05, 0.1) is 5.92 Å². The molecule has 3 N–H and O–H groups in total. The minimum Gasteiger partial charge on any atom is -0.369 e. The van der Waals surface area contributed by atoms with Crippen LogP contribution in [0.15, 0.2) is 29.3 Å². The van der Waals surface area contributed by atoms with Gasteiger partial charge in [-0.25, -0.2) is 4.39 Å². The summed E-state index contributed by atoms with van der Waals surface area (Å²) in [5.41, 5.74) is 6.61. The Hall–Kier alpha value is -1.38. The van der Waals surface area contributed by atoms with Crippen molar-refractivity contribution in [1.29, 1.82) is 0 Å². The molecule has 0 aliphatic carbocycles. The van der Waals surface area contributed by atoms with Crippen molar-refractivity contribution in [2.75, 3.05) is 20.1 Å². The van der Waals surface area contributed by atoms with Crippen LogP contribution in [0, 0.1) is 17.2 Å². The molecule has 7 heteroatoms.